The molecule has 31 heteroatoms. The van der Waals surface area contributed by atoms with Gasteiger partial charge in [0.2, 0.25) is 35.4 Å². The van der Waals surface area contributed by atoms with Crippen LogP contribution in [0.1, 0.15) is 97.0 Å². The number of nitrogens with two attached hydrogens (primary N) is 4. The summed E-state index contributed by atoms with van der Waals surface area (Å²) in [6.45, 7) is 5.29. The largest absolute Gasteiger partial charge is 0.497 e. The molecule has 1 aromatic rings. The Kier molecular flexibility index (Phi) is 26.0. The molecule has 3 fully saturated rings. The van der Waals surface area contributed by atoms with E-state index in [4.69, 9.17) is 51.7 Å². The molecule has 7 amide bonds. The van der Waals surface area contributed by atoms with Crippen molar-refractivity contribution >= 4 is 71.4 Å². The molecule has 18 N–H and O–H groups in total. The molecular weight excluding hydrogens is 1090 g/mol. The SMILES string of the molecule is COc1ccc(C[C@H](NC(=O)[C@H](CC(=O)O)NC(=O)CNC(=O)[C@H](CCCN=C(N)N)NC(=O)CNC(=O)O[C@@H]2CC[C@]3(CO3)[C@@H]([C@]3(C)O[C@@H]3CCC(C)C)[C@@H]2OC)C(=O)N[C@@H](CCCN=C(N)N)C(=O)N[C@@H](CCC(=O)O)C(=O)O)cc1. The molecule has 1 saturated carbocycles. The lowest BCUT2D eigenvalue weighted by atomic mass is 9.68. The molecule has 0 bridgehead atoms. The number of aliphatic carboxylic acids is 3. The minimum Gasteiger partial charge on any atom is -0.497 e. The highest BCUT2D eigenvalue weighted by Crippen LogP contribution is 2.59. The molecule has 83 heavy (non-hydrogen) atoms. The van der Waals surface area contributed by atoms with Crippen LogP contribution in [0, 0.1) is 11.8 Å². The number of alkyl carbamates (subject to hydrolysis) is 1. The molecule has 2 heterocycles. The standard InChI is InChI=1S/C52H81N13O18/c1-27(2)10-16-36-51(3,83-36)42-41(80-5)35(18-19-52(42)26-81-52)82-50(78)60-25-38(67)61-30(8-6-20-57-48(53)54)43(72)59-24-37(66)62-34(23-40(70)71)46(75)65-33(22-28-11-13-29(79-4)14-12-28)45(74)63-31(9-7-21-58-49(55)56)44(73)64-32(47(76)77)15-17-39(68)69/h11-14,27,30-36,41-42H,6-10,15-26H2,1-5H3,(H,59,72)(H,60,78)(H,61,67)(H,62,66)(H,63,74)(H,64,73)(H,65,75)(H,68,69)(H,70,71)(H,76,77)(H4,53,54,57)(H4,55,56,58)/t30-,31-,32-,33-,34-,35+,36+,41+,42+,51+,52-/m0/s1. The van der Waals surface area contributed by atoms with Gasteiger partial charge in [-0.25, -0.2) is 9.59 Å². The molecule has 1 aromatic carbocycles. The second-order valence-electron chi connectivity index (χ2n) is 21.1. The second-order valence-corrected chi connectivity index (χ2v) is 21.1. The Morgan fingerprint density at radius 2 is 1.24 bits per heavy atom. The number of aliphatic imine (C=N–C) groups is 2. The zero-order valence-corrected chi connectivity index (χ0v) is 47.3. The van der Waals surface area contributed by atoms with Crippen molar-refractivity contribution in [1.82, 2.24) is 37.2 Å². The average molecular weight is 1180 g/mol. The normalized spacial score (nSPS) is 22.1. The van der Waals surface area contributed by atoms with Crippen LogP contribution in [-0.4, -0.2) is 193 Å². The summed E-state index contributed by atoms with van der Waals surface area (Å²) in [5, 5.41) is 45.2. The van der Waals surface area contributed by atoms with Crippen molar-refractivity contribution in [1.29, 1.82) is 0 Å². The summed E-state index contributed by atoms with van der Waals surface area (Å²) in [5.41, 5.74) is 21.1. The Bertz CT molecular complexity index is 2510. The topological polar surface area (TPSA) is 497 Å². The predicted molar refractivity (Wildman–Crippen MR) is 294 cm³/mol. The van der Waals surface area contributed by atoms with Crippen molar-refractivity contribution < 1.29 is 86.9 Å². The Morgan fingerprint density at radius 3 is 1.77 bits per heavy atom. The molecule has 31 nitrogen and oxygen atoms in total. The highest BCUT2D eigenvalue weighted by atomic mass is 16.6. The van der Waals surface area contributed by atoms with Crippen LogP contribution < -0.4 is 64.9 Å². The van der Waals surface area contributed by atoms with Gasteiger partial charge in [0.25, 0.3) is 0 Å². The highest BCUT2D eigenvalue weighted by molar-refractivity contribution is 5.97. The number of nitrogens with one attached hydrogen (secondary N) is 7. The first kappa shape index (κ1) is 67.4. The van der Waals surface area contributed by atoms with Gasteiger partial charge in [-0.05, 0) is 88.3 Å². The molecule has 0 unspecified atom stereocenters. The first-order valence-electron chi connectivity index (χ1n) is 27.2. The van der Waals surface area contributed by atoms with E-state index in [9.17, 15) is 58.2 Å². The number of epoxide rings is 2. The number of hydrogen-bond donors (Lipinski definition) is 14. The van der Waals surface area contributed by atoms with Gasteiger partial charge in [0.05, 0.1) is 38.7 Å². The smallest absolute Gasteiger partial charge is 0.407 e. The van der Waals surface area contributed by atoms with Gasteiger partial charge < -0.3 is 99.2 Å². The van der Waals surface area contributed by atoms with Crippen LogP contribution in [0.3, 0.4) is 0 Å². The maximum absolute atomic E-state index is 14.2. The summed E-state index contributed by atoms with van der Waals surface area (Å²) in [4.78, 5) is 138. The summed E-state index contributed by atoms with van der Waals surface area (Å²) >= 11 is 0. The van der Waals surface area contributed by atoms with Gasteiger partial charge in [-0.1, -0.05) is 26.0 Å². The number of carboxylic acid groups (broad SMARTS) is 3. The van der Waals surface area contributed by atoms with Gasteiger partial charge >= 0.3 is 24.0 Å². The molecule has 2 aliphatic heterocycles. The molecule has 4 rings (SSSR count). The second kappa shape index (κ2) is 32.0. The lowest BCUT2D eigenvalue weighted by Crippen LogP contribution is -2.59. The minimum absolute atomic E-state index is 0.0147. The van der Waals surface area contributed by atoms with Gasteiger partial charge in [-0.2, -0.15) is 0 Å². The zero-order chi connectivity index (χ0) is 61.6. The first-order chi connectivity index (χ1) is 39.2. The third-order valence-corrected chi connectivity index (χ3v) is 14.3. The number of methoxy groups -OCH3 is 2. The van der Waals surface area contributed by atoms with E-state index in [0.717, 1.165) is 12.8 Å². The van der Waals surface area contributed by atoms with Crippen LogP contribution in [0.25, 0.3) is 0 Å². The Balaban J connectivity index is 1.44. The quantitative estimate of drug-likeness (QED) is 0.0140. The first-order valence-corrected chi connectivity index (χ1v) is 27.2. The molecule has 2 saturated heterocycles. The highest BCUT2D eigenvalue weighted by Gasteiger charge is 2.72. The summed E-state index contributed by atoms with van der Waals surface area (Å²) in [7, 11) is 2.94. The number of guanidine groups is 2. The Hall–Kier alpha value is -8.06. The molecule has 1 spiro atoms. The number of carbonyl (C=O) groups excluding carboxylic acids is 7. The summed E-state index contributed by atoms with van der Waals surface area (Å²) in [6.07, 6.45) is -2.01. The van der Waals surface area contributed by atoms with E-state index in [1.807, 2.05) is 6.92 Å². The maximum Gasteiger partial charge on any atom is 0.407 e. The van der Waals surface area contributed by atoms with Crippen molar-refractivity contribution in [2.45, 2.75) is 158 Å². The molecule has 1 aliphatic carbocycles. The van der Waals surface area contributed by atoms with Crippen LogP contribution in [-0.2, 0) is 68.5 Å². The number of hydrogen-bond acceptors (Lipinski definition) is 17. The van der Waals surface area contributed by atoms with E-state index in [1.165, 1.54) is 14.2 Å². The van der Waals surface area contributed by atoms with E-state index in [1.54, 1.807) is 24.3 Å². The number of carboxylic acids is 3. The third kappa shape index (κ3) is 22.0. The maximum atomic E-state index is 14.2. The number of rotatable bonds is 36. The molecule has 11 atom stereocenters. The van der Waals surface area contributed by atoms with Crippen LogP contribution >= 0.6 is 0 Å². The zero-order valence-electron chi connectivity index (χ0n) is 47.3. The fourth-order valence-electron chi connectivity index (χ4n) is 9.87. The van der Waals surface area contributed by atoms with E-state index >= 15 is 0 Å². The fourth-order valence-corrected chi connectivity index (χ4v) is 9.87. The van der Waals surface area contributed by atoms with Gasteiger partial charge in [-0.15, -0.1) is 0 Å². The molecule has 3 aliphatic rings. The van der Waals surface area contributed by atoms with Gasteiger partial charge in [0.1, 0.15) is 65.9 Å². The number of benzene rings is 1. The van der Waals surface area contributed by atoms with Crippen molar-refractivity contribution in [2.24, 2.45) is 44.8 Å². The Morgan fingerprint density at radius 1 is 0.699 bits per heavy atom. The molecule has 0 radical (unpaired) electrons. The fraction of sp³-hybridized carbons (Fsp3) is 0.654. The van der Waals surface area contributed by atoms with E-state index < -0.39 is 145 Å². The third-order valence-electron chi connectivity index (χ3n) is 14.3. The molecular formula is C52H81N13O18. The average Bonchev–Trinajstić information content (AvgIpc) is 2.01. The van der Waals surface area contributed by atoms with E-state index in [0.29, 0.717) is 36.7 Å². The predicted octanol–water partition coefficient (Wildman–Crippen LogP) is -2.81. The number of carbonyl (C=O) groups is 10. The minimum atomic E-state index is -1.90. The Labute approximate surface area is 479 Å². The number of amides is 7. The van der Waals surface area contributed by atoms with Crippen molar-refractivity contribution in [3.05, 3.63) is 29.8 Å². The number of nitrogens with zero attached hydrogens (tertiary/aromatic N) is 2. The van der Waals surface area contributed by atoms with Crippen molar-refractivity contribution in [2.75, 3.05) is 47.0 Å². The summed E-state index contributed by atoms with van der Waals surface area (Å²) in [6, 6.07) is -1.92. The monoisotopic (exact) mass is 1180 g/mol. The van der Waals surface area contributed by atoms with Gasteiger partial charge in [-0.3, -0.25) is 48.3 Å². The lowest BCUT2D eigenvalue weighted by molar-refractivity contribution is -0.143. The van der Waals surface area contributed by atoms with Gasteiger partial charge in [0.15, 0.2) is 11.9 Å². The van der Waals surface area contributed by atoms with E-state index in [2.05, 4.69) is 61.0 Å². The van der Waals surface area contributed by atoms with Crippen LogP contribution in [0.5, 0.6) is 5.75 Å². The van der Waals surface area contributed by atoms with Crippen molar-refractivity contribution in [3.63, 3.8) is 0 Å². The van der Waals surface area contributed by atoms with Crippen molar-refractivity contribution in [3.8, 4) is 5.75 Å². The van der Waals surface area contributed by atoms with Gasteiger partial charge in [0, 0.05) is 33.0 Å². The number of ether oxygens (including phenoxy) is 5. The molecule has 0 aromatic heterocycles. The van der Waals surface area contributed by atoms with E-state index in [-0.39, 0.29) is 69.1 Å². The van der Waals surface area contributed by atoms with Crippen LogP contribution in [0.2, 0.25) is 0 Å². The van der Waals surface area contributed by atoms with Crippen LogP contribution in [0.15, 0.2) is 34.3 Å². The molecule has 462 valence electrons. The summed E-state index contributed by atoms with van der Waals surface area (Å²) < 4.78 is 29.2. The summed E-state index contributed by atoms with van der Waals surface area (Å²) in [5.74, 6) is -10.5. The lowest BCUT2D eigenvalue weighted by Gasteiger charge is -2.42. The van der Waals surface area contributed by atoms with Crippen LogP contribution in [0.4, 0.5) is 4.79 Å².